The molecular weight excluding hydrogens is 326 g/mol. The van der Waals surface area contributed by atoms with E-state index in [1.165, 1.54) is 0 Å². The molecule has 2 N–H and O–H groups in total. The molecule has 1 heterocycles. The van der Waals surface area contributed by atoms with E-state index in [9.17, 15) is 9.59 Å². The van der Waals surface area contributed by atoms with Crippen LogP contribution < -0.4 is 10.6 Å². The van der Waals surface area contributed by atoms with Crippen LogP contribution in [0.4, 0.5) is 5.69 Å². The molecule has 0 aliphatic rings. The maximum Gasteiger partial charge on any atom is 0.274 e. The smallest absolute Gasteiger partial charge is 0.274 e. The maximum atomic E-state index is 12.4. The summed E-state index contributed by atoms with van der Waals surface area (Å²) < 4.78 is 0. The van der Waals surface area contributed by atoms with Crippen LogP contribution in [0.2, 0.25) is 5.02 Å². The van der Waals surface area contributed by atoms with Gasteiger partial charge in [-0.1, -0.05) is 30.7 Å². The monoisotopic (exact) mass is 345 g/mol. The molecule has 6 heteroatoms. The summed E-state index contributed by atoms with van der Waals surface area (Å²) in [6, 6.07) is 10.1. The van der Waals surface area contributed by atoms with Crippen molar-refractivity contribution in [3.8, 4) is 0 Å². The number of aryl methyl sites for hydroxylation is 1. The number of pyridine rings is 1. The molecule has 5 nitrogen and oxygen atoms in total. The number of amides is 2. The Bertz CT molecular complexity index is 762. The van der Waals surface area contributed by atoms with E-state index in [1.807, 2.05) is 26.8 Å². The highest BCUT2D eigenvalue weighted by atomic mass is 35.5. The number of nitrogens with one attached hydrogen (secondary N) is 2. The molecule has 2 rings (SSSR count). The highest BCUT2D eigenvalue weighted by Gasteiger charge is 2.14. The molecule has 1 unspecified atom stereocenters. The minimum absolute atomic E-state index is 0.0471. The van der Waals surface area contributed by atoms with Crippen molar-refractivity contribution in [1.82, 2.24) is 10.3 Å². The number of hydrogen-bond acceptors (Lipinski definition) is 3. The van der Waals surface area contributed by atoms with Crippen molar-refractivity contribution in [2.75, 3.05) is 5.32 Å². The second-order valence-corrected chi connectivity index (χ2v) is 6.04. The third-order valence-corrected chi connectivity index (χ3v) is 3.89. The first-order valence-corrected chi connectivity index (χ1v) is 8.14. The van der Waals surface area contributed by atoms with Gasteiger partial charge in [0.2, 0.25) is 0 Å². The lowest BCUT2D eigenvalue weighted by molar-refractivity contribution is 0.0934. The summed E-state index contributed by atoms with van der Waals surface area (Å²) in [5, 5.41) is 6.13. The highest BCUT2D eigenvalue weighted by Crippen LogP contribution is 2.20. The van der Waals surface area contributed by atoms with Crippen LogP contribution in [0.5, 0.6) is 0 Å². The molecular formula is C18H20ClN3O2. The molecule has 126 valence electrons. The highest BCUT2D eigenvalue weighted by molar-refractivity contribution is 6.31. The van der Waals surface area contributed by atoms with Crippen LogP contribution in [0.1, 0.15) is 46.8 Å². The van der Waals surface area contributed by atoms with Crippen molar-refractivity contribution in [3.63, 3.8) is 0 Å². The summed E-state index contributed by atoms with van der Waals surface area (Å²) >= 11 is 5.96. The van der Waals surface area contributed by atoms with Crippen LogP contribution in [-0.4, -0.2) is 22.8 Å². The molecule has 24 heavy (non-hydrogen) atoms. The molecule has 0 bridgehead atoms. The van der Waals surface area contributed by atoms with E-state index in [0.717, 1.165) is 12.0 Å². The van der Waals surface area contributed by atoms with Crippen molar-refractivity contribution >= 4 is 29.1 Å². The largest absolute Gasteiger partial charge is 0.348 e. The lowest BCUT2D eigenvalue weighted by Crippen LogP contribution is -2.32. The first-order valence-electron chi connectivity index (χ1n) is 7.76. The predicted octanol–water partition coefficient (Wildman–Crippen LogP) is 3.82. The lowest BCUT2D eigenvalue weighted by atomic mass is 10.2. The Labute approximate surface area is 146 Å². The average Bonchev–Trinajstić information content (AvgIpc) is 2.58. The Balaban J connectivity index is 2.17. The third kappa shape index (κ3) is 4.55. The minimum Gasteiger partial charge on any atom is -0.348 e. The zero-order valence-corrected chi connectivity index (χ0v) is 14.6. The molecule has 0 fully saturated rings. The van der Waals surface area contributed by atoms with Gasteiger partial charge in [0.25, 0.3) is 11.8 Å². The first kappa shape index (κ1) is 17.9. The summed E-state index contributed by atoms with van der Waals surface area (Å²) in [6.07, 6.45) is 0.819. The van der Waals surface area contributed by atoms with Crippen molar-refractivity contribution < 1.29 is 9.59 Å². The zero-order chi connectivity index (χ0) is 17.7. The van der Waals surface area contributed by atoms with Crippen molar-refractivity contribution in [3.05, 3.63) is 58.4 Å². The number of anilines is 1. The Hall–Kier alpha value is -2.40. The van der Waals surface area contributed by atoms with E-state index in [1.54, 1.807) is 30.3 Å². The lowest BCUT2D eigenvalue weighted by Gasteiger charge is -2.12. The van der Waals surface area contributed by atoms with Gasteiger partial charge in [-0.25, -0.2) is 4.98 Å². The molecule has 2 aromatic rings. The first-order chi connectivity index (χ1) is 11.4. The van der Waals surface area contributed by atoms with Crippen molar-refractivity contribution in [2.45, 2.75) is 33.2 Å². The molecule has 0 saturated carbocycles. The van der Waals surface area contributed by atoms with E-state index < -0.39 is 5.91 Å². The second kappa shape index (κ2) is 7.93. The molecule has 0 saturated heterocycles. The van der Waals surface area contributed by atoms with Gasteiger partial charge in [0.1, 0.15) is 11.4 Å². The van der Waals surface area contributed by atoms with Gasteiger partial charge in [-0.2, -0.15) is 0 Å². The number of aromatic nitrogens is 1. The van der Waals surface area contributed by atoms with Gasteiger partial charge in [0.05, 0.1) is 0 Å². The van der Waals surface area contributed by atoms with E-state index >= 15 is 0 Å². The summed E-state index contributed by atoms with van der Waals surface area (Å²) in [5.74, 6) is -0.684. The van der Waals surface area contributed by atoms with E-state index in [2.05, 4.69) is 15.6 Å². The Kier molecular flexibility index (Phi) is 5.93. The van der Waals surface area contributed by atoms with E-state index in [-0.39, 0.29) is 23.3 Å². The second-order valence-electron chi connectivity index (χ2n) is 5.60. The van der Waals surface area contributed by atoms with Crippen LogP contribution in [0.25, 0.3) is 0 Å². The fraction of sp³-hybridized carbons (Fsp3) is 0.278. The fourth-order valence-corrected chi connectivity index (χ4v) is 2.17. The van der Waals surface area contributed by atoms with E-state index in [4.69, 9.17) is 11.6 Å². The molecule has 1 atom stereocenters. The minimum atomic E-state index is -0.390. The van der Waals surface area contributed by atoms with Gasteiger partial charge in [-0.05, 0) is 50.1 Å². The fourth-order valence-electron chi connectivity index (χ4n) is 2.00. The van der Waals surface area contributed by atoms with Gasteiger partial charge in [0.15, 0.2) is 0 Å². The quantitative estimate of drug-likeness (QED) is 0.865. The molecule has 0 spiro atoms. The summed E-state index contributed by atoms with van der Waals surface area (Å²) in [7, 11) is 0. The summed E-state index contributed by atoms with van der Waals surface area (Å²) in [5.41, 5.74) is 1.89. The molecule has 2 amide bonds. The van der Waals surface area contributed by atoms with Crippen LogP contribution in [0.3, 0.4) is 0 Å². The van der Waals surface area contributed by atoms with Gasteiger partial charge < -0.3 is 10.6 Å². The standard InChI is InChI=1S/C18H20ClN3O2/c1-4-12(3)20-17(23)14-6-5-7-15(21-14)18(24)22-16-10-13(19)9-8-11(16)2/h5-10,12H,4H2,1-3H3,(H,20,23)(H,22,24). The Morgan fingerprint density at radius 3 is 2.50 bits per heavy atom. The number of carbonyl (C=O) groups is 2. The average molecular weight is 346 g/mol. The van der Waals surface area contributed by atoms with Crippen LogP contribution in [0, 0.1) is 6.92 Å². The number of hydrogen-bond donors (Lipinski definition) is 2. The number of halogens is 1. The van der Waals surface area contributed by atoms with Crippen molar-refractivity contribution in [2.24, 2.45) is 0 Å². The predicted molar refractivity (Wildman–Crippen MR) is 95.6 cm³/mol. The summed E-state index contributed by atoms with van der Waals surface area (Å²) in [4.78, 5) is 28.7. The molecule has 0 radical (unpaired) electrons. The number of rotatable bonds is 5. The van der Waals surface area contributed by atoms with E-state index in [0.29, 0.717) is 10.7 Å². The number of carbonyl (C=O) groups excluding carboxylic acids is 2. The Morgan fingerprint density at radius 1 is 1.17 bits per heavy atom. The molecule has 1 aromatic carbocycles. The third-order valence-electron chi connectivity index (χ3n) is 3.65. The van der Waals surface area contributed by atoms with Crippen LogP contribution in [0.15, 0.2) is 36.4 Å². The maximum absolute atomic E-state index is 12.4. The zero-order valence-electron chi connectivity index (χ0n) is 13.9. The topological polar surface area (TPSA) is 71.1 Å². The van der Waals surface area contributed by atoms with Gasteiger partial charge in [-0.3, -0.25) is 9.59 Å². The normalized spacial score (nSPS) is 11.7. The van der Waals surface area contributed by atoms with Gasteiger partial charge >= 0.3 is 0 Å². The molecule has 1 aromatic heterocycles. The van der Waals surface area contributed by atoms with Crippen LogP contribution >= 0.6 is 11.6 Å². The molecule has 0 aliphatic carbocycles. The number of nitrogens with zero attached hydrogens (tertiary/aromatic N) is 1. The Morgan fingerprint density at radius 2 is 1.83 bits per heavy atom. The molecule has 0 aliphatic heterocycles. The van der Waals surface area contributed by atoms with Crippen LogP contribution in [-0.2, 0) is 0 Å². The van der Waals surface area contributed by atoms with Gasteiger partial charge in [-0.15, -0.1) is 0 Å². The van der Waals surface area contributed by atoms with Gasteiger partial charge in [0, 0.05) is 16.8 Å². The SMILES string of the molecule is CCC(C)NC(=O)c1cccc(C(=O)Nc2cc(Cl)ccc2C)n1. The number of benzene rings is 1. The van der Waals surface area contributed by atoms with Crippen molar-refractivity contribution in [1.29, 1.82) is 0 Å². The summed E-state index contributed by atoms with van der Waals surface area (Å²) in [6.45, 7) is 5.77.